The predicted molar refractivity (Wildman–Crippen MR) is 541 cm³/mol. The molecule has 1 aliphatic carbocycles. The number of esters is 1. The number of ether oxygens (including phenoxy) is 1. The smallest absolute Gasteiger partial charge is 0.417 e. The van der Waals surface area contributed by atoms with Crippen molar-refractivity contribution in [1.29, 1.82) is 0 Å². The minimum Gasteiger partial charge on any atom is -0.426 e. The van der Waals surface area contributed by atoms with Gasteiger partial charge in [0.1, 0.15) is 5.75 Å². The molecule has 133 heavy (non-hydrogen) atoms. The van der Waals surface area contributed by atoms with E-state index in [2.05, 4.69) is 296 Å². The maximum Gasteiger partial charge on any atom is 0.417 e. The first kappa shape index (κ1) is 101. The number of rotatable bonds is 10. The van der Waals surface area contributed by atoms with Crippen molar-refractivity contribution in [3.63, 3.8) is 0 Å². The van der Waals surface area contributed by atoms with Crippen LogP contribution in [-0.4, -0.2) is 52.9 Å². The zero-order valence-electron chi connectivity index (χ0n) is 82.6. The van der Waals surface area contributed by atoms with Gasteiger partial charge in [0.15, 0.2) is 5.58 Å². The summed E-state index contributed by atoms with van der Waals surface area (Å²) >= 11 is 0. The molecule has 1 aromatic heterocycles. The number of H-pyrrole nitrogens is 1. The first-order chi connectivity index (χ1) is 63.2. The number of benzene rings is 10. The van der Waals surface area contributed by atoms with E-state index in [0.717, 1.165) is 69.0 Å². The number of carbonyl (C=O) groups excluding carboxylic acids is 7. The van der Waals surface area contributed by atoms with Gasteiger partial charge in [-0.05, 0) is 270 Å². The molecule has 0 spiro atoms. The number of hydrogen-bond donors (Lipinski definition) is 8. The molecule has 6 amide bonds. The van der Waals surface area contributed by atoms with Crippen molar-refractivity contribution in [3.05, 3.63) is 326 Å². The first-order valence-electron chi connectivity index (χ1n) is 48.1. The SMILES string of the molecule is CC(C)c1ccc2[nH]c(=O)oc2c1.CC(C)c1ccc2c(c1)C(=O)NC2.CC(C)c1ccc2c(c1)C(C)(C)C(=O)N2.CC(C)c1ccc2c(c1)CC(=O)NC2.CC(C)c1ccc2c(c1)CC(=O)O2.CC(C)c1ccc2c(c1)CCC(=O)N2.CC(C)c1ccc2c(c1)CCC2.CC(C)c1ccc2c(c1)CCN2.CC(C)c1ccc2c(c1)CNC(=O)C2.CC(C)c1ccc2c(c1)CNC2=O. The molecule has 8 aliphatic heterocycles. The highest BCUT2D eigenvalue weighted by molar-refractivity contribution is 6.06. The highest BCUT2D eigenvalue weighted by Gasteiger charge is 2.38. The highest BCUT2D eigenvalue weighted by Crippen LogP contribution is 2.40. The average Bonchev–Trinajstić information content (AvgIpc) is 1.62. The number of aromatic amines is 1. The summed E-state index contributed by atoms with van der Waals surface area (Å²) in [6, 6.07) is 63.2. The van der Waals surface area contributed by atoms with Crippen LogP contribution in [0.1, 0.15) is 367 Å². The number of aromatic nitrogens is 1. The van der Waals surface area contributed by atoms with E-state index in [1.165, 1.54) is 120 Å². The van der Waals surface area contributed by atoms with E-state index in [-0.39, 0.29) is 46.8 Å². The fourth-order valence-corrected chi connectivity index (χ4v) is 16.9. The zero-order chi connectivity index (χ0) is 96.4. The van der Waals surface area contributed by atoms with E-state index < -0.39 is 5.76 Å². The lowest BCUT2D eigenvalue weighted by atomic mass is 9.84. The lowest BCUT2D eigenvalue weighted by Gasteiger charge is -2.18. The van der Waals surface area contributed by atoms with Crippen LogP contribution in [0.5, 0.6) is 5.75 Å². The normalized spacial score (nSPS) is 14.9. The average molecular weight is 1800 g/mol. The van der Waals surface area contributed by atoms with Gasteiger partial charge in [-0.15, -0.1) is 0 Å². The van der Waals surface area contributed by atoms with E-state index in [1.54, 1.807) is 11.1 Å². The molecule has 9 heterocycles. The van der Waals surface area contributed by atoms with Gasteiger partial charge < -0.3 is 46.4 Å². The van der Waals surface area contributed by atoms with Crippen molar-refractivity contribution < 1.29 is 42.7 Å². The monoisotopic (exact) mass is 1800 g/mol. The number of aryl methyl sites for hydroxylation is 3. The molecule has 9 aliphatic rings. The van der Waals surface area contributed by atoms with Crippen molar-refractivity contribution in [2.75, 3.05) is 22.5 Å². The van der Waals surface area contributed by atoms with Gasteiger partial charge in [0, 0.05) is 72.9 Å². The molecule has 0 atom stereocenters. The molecule has 0 unspecified atom stereocenters. The summed E-state index contributed by atoms with van der Waals surface area (Å²) < 4.78 is 9.95. The number of hydrogen-bond acceptors (Lipinski definition) is 11. The van der Waals surface area contributed by atoms with Crippen molar-refractivity contribution in [3.8, 4) is 5.75 Å². The molecule has 11 aromatic rings. The van der Waals surface area contributed by atoms with Crippen LogP contribution < -0.4 is 47.7 Å². The molecular weight excluding hydrogens is 1650 g/mol. The molecule has 20 rings (SSSR count). The Bertz CT molecular complexity index is 5930. The van der Waals surface area contributed by atoms with Crippen LogP contribution in [0.2, 0.25) is 0 Å². The summed E-state index contributed by atoms with van der Waals surface area (Å²) in [4.78, 5) is 92.2. The standard InChI is InChI=1S/C13H17NO.3C12H15NO.C12H16.2C11H13NO.C11H15N.C11H12O2.C10H11NO2/c1-8(2)9-5-6-11-10(7-9)13(3,4)12(15)14-11;1-8(2)9-3-5-11-10(7-9)4-6-12(14)13-11;1-8(2)9-3-4-10-7-13-12(14)6-11(10)5-9;1-8(2)9-3-4-10-6-12(14)13-7-11(10)5-9;1-9(2)11-7-6-10-4-3-5-12(10)8-11;1-7(2)8-3-4-10-9(5-8)6-12-11(10)13;1-7(2)8-3-4-9-6-12-11(13)10(9)5-8;1-8(2)9-3-4-11-10(7-9)5-6-12-11;1-7(2)8-3-4-10-9(5-8)6-11(12)13-10;1-6(2)7-3-4-8-9(5-7)13-10(12)11-8/h5-8H,1-4H3,(H,14,15);3,5,7-8H,4,6H2,1-2H3,(H,13,14);2*3-5,8H,6-7H2,1-2H3,(H,13,14);6-9H,3-5H2,1-2H3;2*3-5,7H,6H2,1-2H3,(H,12,13);3-4,7-8,12H,5-6H2,1-2H3;3-5,7H,6H2,1-2H3;3-6H,1-2H3,(H,11,12). The zero-order valence-corrected chi connectivity index (χ0v) is 82.6. The van der Waals surface area contributed by atoms with Crippen LogP contribution in [-0.2, 0) is 101 Å². The maximum absolute atomic E-state index is 11.7. The Kier molecular flexibility index (Phi) is 34.8. The quantitative estimate of drug-likeness (QED) is 0.0472. The van der Waals surface area contributed by atoms with E-state index in [4.69, 9.17) is 9.15 Å². The number of fused-ring (bicyclic) bond motifs is 10. The second-order valence-corrected chi connectivity index (χ2v) is 39.8. The second kappa shape index (κ2) is 45.8. The topological polar surface area (TPSA) is 259 Å². The van der Waals surface area contributed by atoms with E-state index >= 15 is 0 Å². The largest absolute Gasteiger partial charge is 0.426 e. The number of nitrogens with one attached hydrogen (secondary N) is 8. The Morgan fingerprint density at radius 2 is 0.707 bits per heavy atom. The molecule has 0 fully saturated rings. The van der Waals surface area contributed by atoms with Gasteiger partial charge in [-0.3, -0.25) is 38.5 Å². The van der Waals surface area contributed by atoms with Gasteiger partial charge in [0.2, 0.25) is 23.6 Å². The summed E-state index contributed by atoms with van der Waals surface area (Å²) in [6.07, 6.45) is 8.14. The van der Waals surface area contributed by atoms with Crippen LogP contribution in [0.15, 0.2) is 191 Å². The summed E-state index contributed by atoms with van der Waals surface area (Å²) in [7, 11) is 0. The molecular formula is C115H142N8O10. The summed E-state index contributed by atoms with van der Waals surface area (Å²) in [5, 5.41) is 20.5. The minimum absolute atomic E-state index is 0.0605. The van der Waals surface area contributed by atoms with Gasteiger partial charge in [0.25, 0.3) is 11.8 Å². The van der Waals surface area contributed by atoms with Crippen molar-refractivity contribution in [1.82, 2.24) is 26.3 Å². The van der Waals surface area contributed by atoms with Gasteiger partial charge in [-0.25, -0.2) is 4.79 Å². The van der Waals surface area contributed by atoms with Crippen LogP contribution in [0.3, 0.4) is 0 Å². The number of amides is 6. The first-order valence-corrected chi connectivity index (χ1v) is 48.1. The third kappa shape index (κ3) is 27.2. The lowest BCUT2D eigenvalue weighted by Crippen LogP contribution is -2.30. The number of anilines is 3. The summed E-state index contributed by atoms with van der Waals surface area (Å²) in [5.41, 5.74) is 34.5. The van der Waals surface area contributed by atoms with Crippen LogP contribution in [0.25, 0.3) is 11.1 Å². The van der Waals surface area contributed by atoms with Gasteiger partial charge in [-0.2, -0.15) is 0 Å². The lowest BCUT2D eigenvalue weighted by molar-refractivity contribution is -0.132. The molecule has 0 saturated heterocycles. The van der Waals surface area contributed by atoms with E-state index in [9.17, 15) is 38.4 Å². The molecule has 0 saturated carbocycles. The van der Waals surface area contributed by atoms with Gasteiger partial charge >= 0.3 is 11.7 Å². The fraction of sp³-hybridized carbons (Fsp3) is 0.409. The Balaban J connectivity index is 0.000000142. The molecule has 8 N–H and O–H groups in total. The van der Waals surface area contributed by atoms with Crippen molar-refractivity contribution in [2.45, 2.75) is 301 Å². The van der Waals surface area contributed by atoms with Gasteiger partial charge in [-0.1, -0.05) is 272 Å². The fourth-order valence-electron chi connectivity index (χ4n) is 16.9. The Labute approximate surface area is 789 Å². The van der Waals surface area contributed by atoms with E-state index in [0.29, 0.717) is 117 Å². The third-order valence-corrected chi connectivity index (χ3v) is 26.0. The molecule has 18 heteroatoms. The predicted octanol–water partition coefficient (Wildman–Crippen LogP) is 24.4. The molecule has 0 radical (unpaired) electrons. The third-order valence-electron chi connectivity index (χ3n) is 26.0. The van der Waals surface area contributed by atoms with Crippen molar-refractivity contribution >= 4 is 69.6 Å². The maximum atomic E-state index is 11.7. The Hall–Kier alpha value is -12.4. The number of carbonyl (C=O) groups is 7. The number of oxazole rings is 1. The summed E-state index contributed by atoms with van der Waals surface area (Å²) in [5.74, 6) is 6.26. The Morgan fingerprint density at radius 3 is 1.29 bits per heavy atom. The molecule has 0 bridgehead atoms. The molecule has 10 aromatic carbocycles. The second-order valence-electron chi connectivity index (χ2n) is 39.8. The highest BCUT2D eigenvalue weighted by atomic mass is 16.5. The van der Waals surface area contributed by atoms with Gasteiger partial charge in [0.05, 0.1) is 30.2 Å². The van der Waals surface area contributed by atoms with Crippen molar-refractivity contribution in [2.24, 2.45) is 0 Å². The molecule has 702 valence electrons. The Morgan fingerprint density at radius 1 is 0.293 bits per heavy atom. The van der Waals surface area contributed by atoms with E-state index in [1.807, 2.05) is 80.6 Å². The minimum atomic E-state index is -0.393. The molecule has 18 nitrogen and oxygen atoms in total. The van der Waals surface area contributed by atoms with Crippen LogP contribution in [0, 0.1) is 0 Å². The summed E-state index contributed by atoms with van der Waals surface area (Å²) in [6.45, 7) is 51.3. The van der Waals surface area contributed by atoms with Crippen LogP contribution in [0.4, 0.5) is 17.1 Å². The van der Waals surface area contributed by atoms with Crippen LogP contribution >= 0.6 is 0 Å².